The van der Waals surface area contributed by atoms with E-state index in [0.717, 1.165) is 0 Å². The predicted octanol–water partition coefficient (Wildman–Crippen LogP) is 2.77. The Balaban J connectivity index is 2.48. The van der Waals surface area contributed by atoms with Gasteiger partial charge in [-0.2, -0.15) is 13.2 Å². The Morgan fingerprint density at radius 3 is 2.24 bits per heavy atom. The second-order valence-corrected chi connectivity index (χ2v) is 5.35. The molecule has 0 spiro atoms. The molecule has 0 aliphatic rings. The van der Waals surface area contributed by atoms with Crippen LogP contribution in [0.5, 0.6) is 0 Å². The van der Waals surface area contributed by atoms with Crippen LogP contribution in [0.2, 0.25) is 0 Å². The van der Waals surface area contributed by atoms with Crippen molar-refractivity contribution in [2.45, 2.75) is 19.0 Å². The van der Waals surface area contributed by atoms with Crippen molar-refractivity contribution < 1.29 is 21.6 Å². The molecule has 0 aromatic heterocycles. The molecule has 0 saturated carbocycles. The van der Waals surface area contributed by atoms with Crippen molar-refractivity contribution in [3.05, 3.63) is 30.3 Å². The third-order valence-electron chi connectivity index (χ3n) is 1.92. The molecule has 7 heteroatoms. The average molecular weight is 267 g/mol. The largest absolute Gasteiger partial charge is 0.389 e. The Labute approximate surface area is 97.7 Å². The van der Waals surface area contributed by atoms with Gasteiger partial charge in [0.2, 0.25) is 10.0 Å². The maximum absolute atomic E-state index is 11.8. The number of hydrogen-bond donors (Lipinski definition) is 1. The minimum atomic E-state index is -4.32. The van der Waals surface area contributed by atoms with Gasteiger partial charge >= 0.3 is 6.18 Å². The molecule has 96 valence electrons. The van der Waals surface area contributed by atoms with Crippen molar-refractivity contribution in [2.24, 2.45) is 0 Å². The van der Waals surface area contributed by atoms with E-state index in [1.54, 1.807) is 18.2 Å². The first-order chi connectivity index (χ1) is 7.79. The average Bonchev–Trinajstić information content (AvgIpc) is 2.15. The van der Waals surface area contributed by atoms with Crippen LogP contribution in [0.25, 0.3) is 0 Å². The molecule has 3 nitrogen and oxygen atoms in total. The number of halogens is 3. The molecule has 1 aromatic rings. The Hall–Kier alpha value is -1.24. The van der Waals surface area contributed by atoms with E-state index >= 15 is 0 Å². The molecular weight excluding hydrogens is 255 g/mol. The molecule has 1 aromatic carbocycles. The molecule has 17 heavy (non-hydrogen) atoms. The predicted molar refractivity (Wildman–Crippen MR) is 59.1 cm³/mol. The fraction of sp³-hybridized carbons (Fsp3) is 0.400. The highest BCUT2D eigenvalue weighted by Crippen LogP contribution is 2.21. The lowest BCUT2D eigenvalue weighted by molar-refractivity contribution is -0.134. The van der Waals surface area contributed by atoms with Crippen molar-refractivity contribution in [2.75, 3.05) is 10.5 Å². The molecule has 0 bridgehead atoms. The van der Waals surface area contributed by atoms with E-state index in [-0.39, 0.29) is 0 Å². The zero-order valence-corrected chi connectivity index (χ0v) is 9.68. The van der Waals surface area contributed by atoms with Crippen LogP contribution in [0.3, 0.4) is 0 Å². The first kappa shape index (κ1) is 13.8. The SMILES string of the molecule is O=S(=O)(CCCC(F)(F)F)Nc1ccccc1. The lowest BCUT2D eigenvalue weighted by Crippen LogP contribution is -2.18. The smallest absolute Gasteiger partial charge is 0.284 e. The van der Waals surface area contributed by atoms with Crippen LogP contribution in [0.4, 0.5) is 18.9 Å². The summed E-state index contributed by atoms with van der Waals surface area (Å²) in [5.41, 5.74) is 0.347. The van der Waals surface area contributed by atoms with E-state index in [4.69, 9.17) is 0 Å². The molecular formula is C10H12F3NO2S. The highest BCUT2D eigenvalue weighted by Gasteiger charge is 2.27. The summed E-state index contributed by atoms with van der Waals surface area (Å²) in [7, 11) is -3.71. The summed E-state index contributed by atoms with van der Waals surface area (Å²) in [5.74, 6) is -0.540. The summed E-state index contributed by atoms with van der Waals surface area (Å²) in [6.07, 6.45) is -5.85. The van der Waals surface area contributed by atoms with E-state index in [9.17, 15) is 21.6 Å². The quantitative estimate of drug-likeness (QED) is 0.891. The molecule has 0 aliphatic carbocycles. The zero-order valence-electron chi connectivity index (χ0n) is 8.87. The first-order valence-corrected chi connectivity index (χ1v) is 6.56. The van der Waals surface area contributed by atoms with Crippen molar-refractivity contribution in [3.63, 3.8) is 0 Å². The number of hydrogen-bond acceptors (Lipinski definition) is 2. The van der Waals surface area contributed by atoms with Crippen LogP contribution in [-0.4, -0.2) is 20.3 Å². The minimum Gasteiger partial charge on any atom is -0.284 e. The normalized spacial score (nSPS) is 12.4. The van der Waals surface area contributed by atoms with Gasteiger partial charge in [0.15, 0.2) is 0 Å². The van der Waals surface area contributed by atoms with Gasteiger partial charge < -0.3 is 0 Å². The Bertz CT molecular complexity index is 442. The standard InChI is InChI=1S/C10H12F3NO2S/c11-10(12,13)7-4-8-17(15,16)14-9-5-2-1-3-6-9/h1-3,5-6,14H,4,7-8H2. The molecule has 0 atom stereocenters. The third-order valence-corrected chi connectivity index (χ3v) is 3.29. The topological polar surface area (TPSA) is 46.2 Å². The number of nitrogens with one attached hydrogen (secondary N) is 1. The fourth-order valence-corrected chi connectivity index (χ4v) is 2.32. The van der Waals surface area contributed by atoms with E-state index in [1.165, 1.54) is 12.1 Å². The Morgan fingerprint density at radius 2 is 1.71 bits per heavy atom. The van der Waals surface area contributed by atoms with Gasteiger partial charge in [-0.05, 0) is 18.6 Å². The molecule has 0 unspecified atom stereocenters. The van der Waals surface area contributed by atoms with Crippen LogP contribution < -0.4 is 4.72 Å². The minimum absolute atomic E-state index is 0.347. The van der Waals surface area contributed by atoms with Crippen LogP contribution in [0, 0.1) is 0 Å². The highest BCUT2D eigenvalue weighted by atomic mass is 32.2. The molecule has 0 fully saturated rings. The van der Waals surface area contributed by atoms with Gasteiger partial charge in [-0.25, -0.2) is 8.42 Å². The molecule has 0 saturated heterocycles. The Morgan fingerprint density at radius 1 is 1.12 bits per heavy atom. The fourth-order valence-electron chi connectivity index (χ4n) is 1.20. The molecule has 1 N–H and O–H groups in total. The van der Waals surface area contributed by atoms with Gasteiger partial charge in [0.25, 0.3) is 0 Å². The lowest BCUT2D eigenvalue weighted by atomic mass is 10.3. The number of sulfonamides is 1. The number of alkyl halides is 3. The molecule has 0 radical (unpaired) electrons. The van der Waals surface area contributed by atoms with Crippen molar-refractivity contribution in [1.82, 2.24) is 0 Å². The molecule has 1 rings (SSSR count). The van der Waals surface area contributed by atoms with Gasteiger partial charge in [-0.1, -0.05) is 18.2 Å². The van der Waals surface area contributed by atoms with Gasteiger partial charge in [-0.15, -0.1) is 0 Å². The highest BCUT2D eigenvalue weighted by molar-refractivity contribution is 7.92. The second-order valence-electron chi connectivity index (χ2n) is 3.51. The van der Waals surface area contributed by atoms with Crippen LogP contribution in [-0.2, 0) is 10.0 Å². The number of rotatable bonds is 5. The number of anilines is 1. The summed E-state index contributed by atoms with van der Waals surface area (Å²) < 4.78 is 60.6. The van der Waals surface area contributed by atoms with Crippen LogP contribution >= 0.6 is 0 Å². The second kappa shape index (κ2) is 5.39. The van der Waals surface area contributed by atoms with Crippen molar-refractivity contribution in [3.8, 4) is 0 Å². The monoisotopic (exact) mass is 267 g/mol. The van der Waals surface area contributed by atoms with Gasteiger partial charge in [0.1, 0.15) is 0 Å². The van der Waals surface area contributed by atoms with Gasteiger partial charge in [0.05, 0.1) is 5.75 Å². The maximum Gasteiger partial charge on any atom is 0.389 e. The van der Waals surface area contributed by atoms with E-state index in [0.29, 0.717) is 5.69 Å². The number of para-hydroxylation sites is 1. The maximum atomic E-state index is 11.8. The van der Waals surface area contributed by atoms with Crippen molar-refractivity contribution >= 4 is 15.7 Å². The zero-order chi connectivity index (χ0) is 12.9. The summed E-state index contributed by atoms with van der Waals surface area (Å²) in [6, 6.07) is 8.03. The summed E-state index contributed by atoms with van der Waals surface area (Å²) in [6.45, 7) is 0. The first-order valence-electron chi connectivity index (χ1n) is 4.91. The summed E-state index contributed by atoms with van der Waals surface area (Å²) >= 11 is 0. The molecule has 0 heterocycles. The Kier molecular flexibility index (Phi) is 4.39. The van der Waals surface area contributed by atoms with E-state index in [1.807, 2.05) is 0 Å². The van der Waals surface area contributed by atoms with E-state index in [2.05, 4.69) is 4.72 Å². The molecule has 0 aliphatic heterocycles. The number of benzene rings is 1. The van der Waals surface area contributed by atoms with Crippen LogP contribution in [0.1, 0.15) is 12.8 Å². The molecule has 0 amide bonds. The summed E-state index contributed by atoms with van der Waals surface area (Å²) in [4.78, 5) is 0. The van der Waals surface area contributed by atoms with Gasteiger partial charge in [0, 0.05) is 12.1 Å². The lowest BCUT2D eigenvalue weighted by Gasteiger charge is -2.08. The van der Waals surface area contributed by atoms with Crippen LogP contribution in [0.15, 0.2) is 30.3 Å². The van der Waals surface area contributed by atoms with Gasteiger partial charge in [-0.3, -0.25) is 4.72 Å². The third kappa shape index (κ3) is 6.15. The summed E-state index contributed by atoms with van der Waals surface area (Å²) in [5, 5.41) is 0. The van der Waals surface area contributed by atoms with E-state index < -0.39 is 34.8 Å². The van der Waals surface area contributed by atoms with Crippen molar-refractivity contribution in [1.29, 1.82) is 0 Å².